The van der Waals surface area contributed by atoms with Gasteiger partial charge in [0.05, 0.1) is 0 Å². The number of hydrogen-bond acceptors (Lipinski definition) is 3. The molecule has 43 valence electrons. The molecule has 0 aliphatic carbocycles. The van der Waals surface area contributed by atoms with E-state index in [9.17, 15) is 4.39 Å². The highest BCUT2D eigenvalue weighted by Crippen LogP contribution is 1.95. The lowest BCUT2D eigenvalue weighted by atomic mass is 10.4. The summed E-state index contributed by atoms with van der Waals surface area (Å²) in [6.45, 7) is 0. The average molecular weight is 122 g/mol. The number of aromatic nitrogens is 2. The third-order valence-electron chi connectivity index (χ3n) is 0.721. The summed E-state index contributed by atoms with van der Waals surface area (Å²) >= 11 is 0. The van der Waals surface area contributed by atoms with Gasteiger partial charge < -0.3 is 0 Å². The maximum Gasteiger partial charge on any atom is 0.187 e. The molecule has 1 heterocycles. The van der Waals surface area contributed by atoms with Gasteiger partial charge in [0, 0.05) is 0 Å². The van der Waals surface area contributed by atoms with E-state index in [0.717, 1.165) is 6.33 Å². The van der Waals surface area contributed by atoms with Crippen molar-refractivity contribution in [2.45, 2.75) is 0 Å². The summed E-state index contributed by atoms with van der Waals surface area (Å²) in [5.41, 5.74) is -0.273. The second-order valence-corrected chi connectivity index (χ2v) is 1.26. The Morgan fingerprint density at radius 1 is 1.78 bits per heavy atom. The van der Waals surface area contributed by atoms with Crippen molar-refractivity contribution < 1.29 is 4.39 Å². The van der Waals surface area contributed by atoms with E-state index >= 15 is 0 Å². The van der Waals surface area contributed by atoms with Crippen LogP contribution in [0.4, 0.5) is 4.39 Å². The number of nitriles is 1. The van der Waals surface area contributed by atoms with Crippen LogP contribution in [0, 0.1) is 23.3 Å². The first-order chi connectivity index (χ1) is 4.34. The van der Waals surface area contributed by atoms with E-state index in [-0.39, 0.29) is 5.69 Å². The zero-order valence-corrected chi connectivity index (χ0v) is 4.30. The van der Waals surface area contributed by atoms with E-state index < -0.39 is 5.82 Å². The highest BCUT2D eigenvalue weighted by molar-refractivity contribution is 5.17. The summed E-state index contributed by atoms with van der Waals surface area (Å²) in [5.74, 6) is -0.806. The summed E-state index contributed by atoms with van der Waals surface area (Å²) in [5, 5.41) is 8.12. The van der Waals surface area contributed by atoms with E-state index in [2.05, 4.69) is 9.97 Å². The van der Waals surface area contributed by atoms with Gasteiger partial charge in [-0.3, -0.25) is 0 Å². The van der Waals surface area contributed by atoms with Gasteiger partial charge in [0.25, 0.3) is 0 Å². The number of halogens is 1. The quantitative estimate of drug-likeness (QED) is 0.496. The maximum absolute atomic E-state index is 12.2. The Morgan fingerprint density at radius 3 is 3.00 bits per heavy atom. The number of hydrogen-bond donors (Lipinski definition) is 0. The smallest absolute Gasteiger partial charge is 0.187 e. The number of nitrogens with zero attached hydrogens (tertiary/aromatic N) is 3. The Morgan fingerprint density at radius 2 is 2.56 bits per heavy atom. The minimum Gasteiger partial charge on any atom is -0.231 e. The zero-order valence-electron chi connectivity index (χ0n) is 4.30. The molecule has 0 fully saturated rings. The first kappa shape index (κ1) is 5.63. The first-order valence-electron chi connectivity index (χ1n) is 2.13. The van der Waals surface area contributed by atoms with Crippen LogP contribution in [0.5, 0.6) is 0 Å². The van der Waals surface area contributed by atoms with Crippen LogP contribution in [0.25, 0.3) is 0 Å². The van der Waals surface area contributed by atoms with Gasteiger partial charge in [0.15, 0.2) is 11.5 Å². The molecule has 1 radical (unpaired) electrons. The Kier molecular flexibility index (Phi) is 1.36. The lowest BCUT2D eigenvalue weighted by Gasteiger charge is -1.84. The van der Waals surface area contributed by atoms with Crippen LogP contribution in [0.15, 0.2) is 6.33 Å². The molecule has 0 aromatic carbocycles. The Labute approximate surface area is 50.8 Å². The van der Waals surface area contributed by atoms with Crippen molar-refractivity contribution in [3.05, 3.63) is 24.0 Å². The van der Waals surface area contributed by atoms with Crippen molar-refractivity contribution in [3.63, 3.8) is 0 Å². The van der Waals surface area contributed by atoms with Gasteiger partial charge in [-0.1, -0.05) is 0 Å². The van der Waals surface area contributed by atoms with Gasteiger partial charge >= 0.3 is 0 Å². The molecule has 0 atom stereocenters. The number of rotatable bonds is 0. The van der Waals surface area contributed by atoms with E-state index in [1.54, 1.807) is 0 Å². The molecular formula is C5HFN3. The fourth-order valence-electron chi connectivity index (χ4n) is 0.360. The highest BCUT2D eigenvalue weighted by Gasteiger charge is 1.98. The molecule has 0 aliphatic heterocycles. The molecule has 1 aromatic rings. The molecule has 9 heavy (non-hydrogen) atoms. The standard InChI is InChI=1S/C5HFN3/c6-4-2-8-3-9-5(4)1-7/h3H. The predicted molar refractivity (Wildman–Crippen MR) is 25.5 cm³/mol. The van der Waals surface area contributed by atoms with Crippen LogP contribution in [0.3, 0.4) is 0 Å². The SMILES string of the molecule is N#Cc1ncn[c]c1F. The van der Waals surface area contributed by atoms with Crippen molar-refractivity contribution in [2.24, 2.45) is 0 Å². The van der Waals surface area contributed by atoms with Crippen LogP contribution in [-0.2, 0) is 0 Å². The van der Waals surface area contributed by atoms with Gasteiger partial charge in [-0.25, -0.2) is 14.4 Å². The molecule has 0 unspecified atom stereocenters. The minimum atomic E-state index is -0.806. The second kappa shape index (κ2) is 2.18. The lowest BCUT2D eigenvalue weighted by molar-refractivity contribution is 0.605. The average Bonchev–Trinajstić information content (AvgIpc) is 1.89. The van der Waals surface area contributed by atoms with E-state index in [4.69, 9.17) is 5.26 Å². The van der Waals surface area contributed by atoms with Gasteiger partial charge in [-0.05, 0) is 0 Å². The van der Waals surface area contributed by atoms with Gasteiger partial charge in [-0.2, -0.15) is 5.26 Å². The summed E-state index contributed by atoms with van der Waals surface area (Å²) in [4.78, 5) is 6.55. The third-order valence-corrected chi connectivity index (χ3v) is 0.721. The fourth-order valence-corrected chi connectivity index (χ4v) is 0.360. The van der Waals surface area contributed by atoms with Crippen molar-refractivity contribution in [1.29, 1.82) is 5.26 Å². The van der Waals surface area contributed by atoms with Crippen LogP contribution < -0.4 is 0 Å². The summed E-state index contributed by atoms with van der Waals surface area (Å²) in [6.07, 6.45) is 3.02. The topological polar surface area (TPSA) is 49.6 Å². The highest BCUT2D eigenvalue weighted by atomic mass is 19.1. The van der Waals surface area contributed by atoms with E-state index in [0.29, 0.717) is 0 Å². The maximum atomic E-state index is 12.2. The van der Waals surface area contributed by atoms with Gasteiger partial charge in [0.2, 0.25) is 0 Å². The molecule has 0 amide bonds. The van der Waals surface area contributed by atoms with E-state index in [1.807, 2.05) is 6.20 Å². The predicted octanol–water partition coefficient (Wildman–Crippen LogP) is 0.288. The molecule has 3 nitrogen and oxygen atoms in total. The summed E-state index contributed by atoms with van der Waals surface area (Å²) in [6, 6.07) is 1.54. The molecule has 1 rings (SSSR count). The molecular weight excluding hydrogens is 121 g/mol. The van der Waals surface area contributed by atoms with Crippen LogP contribution in [0.2, 0.25) is 0 Å². The Bertz CT molecular complexity index is 253. The Balaban J connectivity index is 3.20. The second-order valence-electron chi connectivity index (χ2n) is 1.26. The Hall–Kier alpha value is -1.50. The van der Waals surface area contributed by atoms with Crippen molar-refractivity contribution in [3.8, 4) is 6.07 Å². The molecule has 4 heteroatoms. The van der Waals surface area contributed by atoms with Gasteiger partial charge in [0.1, 0.15) is 18.6 Å². The fraction of sp³-hybridized carbons (Fsp3) is 0. The van der Waals surface area contributed by atoms with Crippen LogP contribution in [0.1, 0.15) is 5.69 Å². The summed E-state index contributed by atoms with van der Waals surface area (Å²) in [7, 11) is 0. The summed E-state index contributed by atoms with van der Waals surface area (Å²) < 4.78 is 12.2. The van der Waals surface area contributed by atoms with Crippen LogP contribution >= 0.6 is 0 Å². The first-order valence-corrected chi connectivity index (χ1v) is 2.13. The lowest BCUT2D eigenvalue weighted by Crippen LogP contribution is -1.89. The molecule has 0 bridgehead atoms. The van der Waals surface area contributed by atoms with E-state index in [1.165, 1.54) is 6.07 Å². The van der Waals surface area contributed by atoms with Crippen molar-refractivity contribution in [2.75, 3.05) is 0 Å². The van der Waals surface area contributed by atoms with Gasteiger partial charge in [-0.15, -0.1) is 0 Å². The molecule has 1 aromatic heterocycles. The third kappa shape index (κ3) is 0.995. The monoisotopic (exact) mass is 122 g/mol. The molecule has 0 aliphatic rings. The minimum absolute atomic E-state index is 0.273. The molecule has 0 saturated heterocycles. The van der Waals surface area contributed by atoms with Crippen molar-refractivity contribution in [1.82, 2.24) is 9.97 Å². The molecule has 0 spiro atoms. The normalized spacial score (nSPS) is 8.44. The van der Waals surface area contributed by atoms with Crippen molar-refractivity contribution >= 4 is 0 Å². The molecule has 0 saturated carbocycles. The van der Waals surface area contributed by atoms with Crippen LogP contribution in [-0.4, -0.2) is 9.97 Å². The largest absolute Gasteiger partial charge is 0.231 e. The molecule has 0 N–H and O–H groups in total. The zero-order chi connectivity index (χ0) is 6.69.